The van der Waals surface area contributed by atoms with Gasteiger partial charge in [-0.1, -0.05) is 18.2 Å². The normalized spacial score (nSPS) is 14.2. The molecule has 9 nitrogen and oxygen atoms in total. The summed E-state index contributed by atoms with van der Waals surface area (Å²) in [6, 6.07) is 13.1. The van der Waals surface area contributed by atoms with E-state index in [1.54, 1.807) is 29.2 Å². The molecule has 1 aromatic heterocycles. The second-order valence-electron chi connectivity index (χ2n) is 8.03. The number of anilines is 1. The van der Waals surface area contributed by atoms with Crippen molar-refractivity contribution in [2.45, 2.75) is 13.8 Å². The van der Waals surface area contributed by atoms with Crippen molar-refractivity contribution in [1.82, 2.24) is 20.0 Å². The van der Waals surface area contributed by atoms with Crippen LogP contribution in [0, 0.1) is 13.8 Å². The Kier molecular flexibility index (Phi) is 6.99. The van der Waals surface area contributed by atoms with Gasteiger partial charge in [0.2, 0.25) is 18.2 Å². The summed E-state index contributed by atoms with van der Waals surface area (Å²) in [5.74, 6) is 0.904. The quantitative estimate of drug-likeness (QED) is 0.591. The van der Waals surface area contributed by atoms with E-state index < -0.39 is 0 Å². The van der Waals surface area contributed by atoms with E-state index >= 15 is 0 Å². The van der Waals surface area contributed by atoms with Gasteiger partial charge in [-0.15, -0.1) is 10.2 Å². The van der Waals surface area contributed by atoms with Crippen LogP contribution in [0.4, 0.5) is 5.69 Å². The molecule has 2 amide bonds. The van der Waals surface area contributed by atoms with Crippen LogP contribution in [0.25, 0.3) is 11.5 Å². The van der Waals surface area contributed by atoms with Crippen LogP contribution >= 0.6 is 0 Å². The number of rotatable bonds is 7. The second kappa shape index (κ2) is 10.3. The SMILES string of the molecule is Cc1cccc(C)c1NC(=O)CN1CCN(C(=O)COc2ccc(-c3nnco3)cc2)CC1. The molecule has 0 bridgehead atoms. The lowest BCUT2D eigenvalue weighted by Crippen LogP contribution is -2.51. The van der Waals surface area contributed by atoms with Gasteiger partial charge in [-0.2, -0.15) is 0 Å². The third-order valence-electron chi connectivity index (χ3n) is 5.66. The van der Waals surface area contributed by atoms with Crippen LogP contribution in [0.1, 0.15) is 11.1 Å². The third-order valence-corrected chi connectivity index (χ3v) is 5.66. The van der Waals surface area contributed by atoms with Crippen LogP contribution in [0.5, 0.6) is 5.75 Å². The highest BCUT2D eigenvalue weighted by Gasteiger charge is 2.23. The maximum Gasteiger partial charge on any atom is 0.260 e. The summed E-state index contributed by atoms with van der Waals surface area (Å²) < 4.78 is 10.8. The van der Waals surface area contributed by atoms with E-state index in [2.05, 4.69) is 20.4 Å². The van der Waals surface area contributed by atoms with Crippen molar-refractivity contribution in [1.29, 1.82) is 0 Å². The summed E-state index contributed by atoms with van der Waals surface area (Å²) in [6.07, 6.45) is 1.27. The Morgan fingerprint density at radius 3 is 2.36 bits per heavy atom. The average molecular weight is 450 g/mol. The predicted molar refractivity (Wildman–Crippen MR) is 123 cm³/mol. The number of ether oxygens (including phenoxy) is 1. The molecule has 0 aliphatic carbocycles. The number of aryl methyl sites for hydroxylation is 2. The standard InChI is InChI=1S/C24H27N5O4/c1-17-4-3-5-18(2)23(17)26-21(30)14-28-10-12-29(13-11-28)22(31)15-32-20-8-6-19(7-9-20)24-27-25-16-33-24/h3-9,16H,10-15H2,1-2H3,(H,26,30). The Balaban J connectivity index is 1.20. The summed E-state index contributed by atoms with van der Waals surface area (Å²) in [7, 11) is 0. The zero-order valence-electron chi connectivity index (χ0n) is 18.8. The summed E-state index contributed by atoms with van der Waals surface area (Å²) in [6.45, 7) is 6.65. The predicted octanol–water partition coefficient (Wildman–Crippen LogP) is 2.52. The van der Waals surface area contributed by atoms with Crippen LogP contribution in [-0.2, 0) is 9.59 Å². The number of nitrogens with one attached hydrogen (secondary N) is 1. The molecule has 33 heavy (non-hydrogen) atoms. The third kappa shape index (κ3) is 5.75. The number of amides is 2. The molecule has 9 heteroatoms. The largest absolute Gasteiger partial charge is 0.484 e. The number of nitrogens with zero attached hydrogens (tertiary/aromatic N) is 4. The molecule has 4 rings (SSSR count). The monoisotopic (exact) mass is 449 g/mol. The molecule has 0 saturated carbocycles. The first-order valence-electron chi connectivity index (χ1n) is 10.8. The van der Waals surface area contributed by atoms with E-state index in [1.165, 1.54) is 6.39 Å². The first-order valence-corrected chi connectivity index (χ1v) is 10.8. The van der Waals surface area contributed by atoms with Crippen LogP contribution < -0.4 is 10.1 Å². The molecule has 2 heterocycles. The lowest BCUT2D eigenvalue weighted by Gasteiger charge is -2.34. The number of carbonyl (C=O) groups excluding carboxylic acids is 2. The van der Waals surface area contributed by atoms with E-state index in [9.17, 15) is 9.59 Å². The molecular weight excluding hydrogens is 422 g/mol. The molecule has 0 spiro atoms. The number of para-hydroxylation sites is 1. The maximum absolute atomic E-state index is 12.5. The van der Waals surface area contributed by atoms with Crippen LogP contribution in [0.15, 0.2) is 53.3 Å². The van der Waals surface area contributed by atoms with Gasteiger partial charge in [0.1, 0.15) is 5.75 Å². The molecule has 1 aliphatic rings. The van der Waals surface area contributed by atoms with Gasteiger partial charge in [0.05, 0.1) is 6.54 Å². The zero-order valence-corrected chi connectivity index (χ0v) is 18.8. The van der Waals surface area contributed by atoms with Crippen molar-refractivity contribution < 1.29 is 18.7 Å². The van der Waals surface area contributed by atoms with E-state index in [4.69, 9.17) is 9.15 Å². The topological polar surface area (TPSA) is 101 Å². The number of piperazine rings is 1. The molecule has 0 unspecified atom stereocenters. The van der Waals surface area contributed by atoms with Crippen LogP contribution in [-0.4, -0.2) is 71.1 Å². The minimum Gasteiger partial charge on any atom is -0.484 e. The van der Waals surface area contributed by atoms with Crippen molar-refractivity contribution in [2.75, 3.05) is 44.6 Å². The molecular formula is C24H27N5O4. The van der Waals surface area contributed by atoms with Crippen molar-refractivity contribution in [3.05, 3.63) is 60.0 Å². The highest BCUT2D eigenvalue weighted by Crippen LogP contribution is 2.21. The van der Waals surface area contributed by atoms with Crippen molar-refractivity contribution in [3.63, 3.8) is 0 Å². The average Bonchev–Trinajstić information content (AvgIpc) is 3.36. The lowest BCUT2D eigenvalue weighted by atomic mass is 10.1. The smallest absolute Gasteiger partial charge is 0.260 e. The summed E-state index contributed by atoms with van der Waals surface area (Å²) in [4.78, 5) is 28.9. The highest BCUT2D eigenvalue weighted by molar-refractivity contribution is 5.93. The number of hydrogen-bond acceptors (Lipinski definition) is 7. The van der Waals surface area contributed by atoms with Gasteiger partial charge in [0.25, 0.3) is 5.91 Å². The Bertz CT molecular complexity index is 1070. The number of aromatic nitrogens is 2. The first-order chi connectivity index (χ1) is 16.0. The number of hydrogen-bond donors (Lipinski definition) is 1. The van der Waals surface area contributed by atoms with E-state index in [0.717, 1.165) is 22.4 Å². The minimum atomic E-state index is -0.0735. The summed E-state index contributed by atoms with van der Waals surface area (Å²) >= 11 is 0. The fourth-order valence-electron chi connectivity index (χ4n) is 3.78. The molecule has 0 atom stereocenters. The maximum atomic E-state index is 12.5. The van der Waals surface area contributed by atoms with Crippen LogP contribution in [0.3, 0.4) is 0 Å². The first kappa shape index (κ1) is 22.5. The Hall–Kier alpha value is -3.72. The molecule has 2 aromatic carbocycles. The fourth-order valence-corrected chi connectivity index (χ4v) is 3.78. The van der Waals surface area contributed by atoms with Crippen molar-refractivity contribution in [3.8, 4) is 17.2 Å². The fraction of sp³-hybridized carbons (Fsp3) is 0.333. The van der Waals surface area contributed by atoms with Gasteiger partial charge < -0.3 is 19.4 Å². The Labute approximate surface area is 192 Å². The van der Waals surface area contributed by atoms with Gasteiger partial charge >= 0.3 is 0 Å². The Morgan fingerprint density at radius 1 is 1.03 bits per heavy atom. The number of benzene rings is 2. The van der Waals surface area contributed by atoms with E-state index in [1.807, 2.05) is 32.0 Å². The van der Waals surface area contributed by atoms with Gasteiger partial charge in [0, 0.05) is 37.4 Å². The van der Waals surface area contributed by atoms with Crippen molar-refractivity contribution in [2.24, 2.45) is 0 Å². The zero-order chi connectivity index (χ0) is 23.2. The van der Waals surface area contributed by atoms with Gasteiger partial charge in [-0.05, 0) is 49.2 Å². The highest BCUT2D eigenvalue weighted by atomic mass is 16.5. The lowest BCUT2D eigenvalue weighted by molar-refractivity contribution is -0.135. The second-order valence-corrected chi connectivity index (χ2v) is 8.03. The van der Waals surface area contributed by atoms with E-state index in [0.29, 0.717) is 44.4 Å². The molecule has 1 saturated heterocycles. The Morgan fingerprint density at radius 2 is 1.73 bits per heavy atom. The van der Waals surface area contributed by atoms with Gasteiger partial charge in [-0.25, -0.2) is 0 Å². The molecule has 1 N–H and O–H groups in total. The summed E-state index contributed by atoms with van der Waals surface area (Å²) in [5.41, 5.74) is 3.74. The molecule has 3 aromatic rings. The molecule has 172 valence electrons. The molecule has 0 radical (unpaired) electrons. The molecule has 1 aliphatic heterocycles. The van der Waals surface area contributed by atoms with Crippen LogP contribution in [0.2, 0.25) is 0 Å². The van der Waals surface area contributed by atoms with Gasteiger partial charge in [0.15, 0.2) is 6.61 Å². The van der Waals surface area contributed by atoms with Crippen molar-refractivity contribution >= 4 is 17.5 Å². The molecule has 1 fully saturated rings. The summed E-state index contributed by atoms with van der Waals surface area (Å²) in [5, 5.41) is 10.5. The van der Waals surface area contributed by atoms with Gasteiger partial charge in [-0.3, -0.25) is 14.5 Å². The van der Waals surface area contributed by atoms with E-state index in [-0.39, 0.29) is 18.4 Å². The number of carbonyl (C=O) groups is 2. The minimum absolute atomic E-state index is 0.0348.